The molecule has 20 heavy (non-hydrogen) atoms. The maximum Gasteiger partial charge on any atom is 0.358 e. The van der Waals surface area contributed by atoms with Crippen molar-refractivity contribution in [1.82, 2.24) is 15.0 Å². The number of halogens is 3. The Kier molecular flexibility index (Phi) is 3.36. The van der Waals surface area contributed by atoms with Crippen LogP contribution in [0.1, 0.15) is 34.9 Å². The third-order valence-electron chi connectivity index (χ3n) is 3.09. The molecule has 1 aliphatic carbocycles. The van der Waals surface area contributed by atoms with E-state index in [-0.39, 0.29) is 11.6 Å². The molecule has 1 fully saturated rings. The van der Waals surface area contributed by atoms with E-state index in [4.69, 9.17) is 34.8 Å². The zero-order chi connectivity index (χ0) is 14.4. The minimum absolute atomic E-state index is 0.0466. The monoisotopic (exact) mass is 331 g/mol. The Labute approximate surface area is 129 Å². The molecule has 0 spiro atoms. The fraction of sp³-hybridized carbons (Fsp3) is 0.250. The highest BCUT2D eigenvalue weighted by Crippen LogP contribution is 2.43. The molecule has 5 nitrogen and oxygen atoms in total. The predicted octanol–water partition coefficient (Wildman–Crippen LogP) is 3.80. The highest BCUT2D eigenvalue weighted by Gasteiger charge is 2.34. The Morgan fingerprint density at radius 3 is 2.45 bits per heavy atom. The Morgan fingerprint density at radius 2 is 1.85 bits per heavy atom. The number of benzene rings is 1. The van der Waals surface area contributed by atoms with Gasteiger partial charge in [-0.25, -0.2) is 9.48 Å². The first-order valence-corrected chi connectivity index (χ1v) is 6.96. The van der Waals surface area contributed by atoms with Gasteiger partial charge >= 0.3 is 5.97 Å². The largest absolute Gasteiger partial charge is 0.476 e. The van der Waals surface area contributed by atoms with Gasteiger partial charge in [0.15, 0.2) is 5.69 Å². The van der Waals surface area contributed by atoms with Gasteiger partial charge in [0, 0.05) is 5.92 Å². The molecule has 8 heteroatoms. The number of aromatic carboxylic acids is 1. The number of rotatable bonds is 3. The van der Waals surface area contributed by atoms with Crippen LogP contribution in [0, 0.1) is 0 Å². The van der Waals surface area contributed by atoms with E-state index < -0.39 is 5.97 Å². The molecule has 0 bridgehead atoms. The van der Waals surface area contributed by atoms with Crippen LogP contribution in [0.25, 0.3) is 5.69 Å². The highest BCUT2D eigenvalue weighted by atomic mass is 35.5. The second kappa shape index (κ2) is 4.91. The van der Waals surface area contributed by atoms with Crippen LogP contribution in [-0.4, -0.2) is 26.1 Å². The van der Waals surface area contributed by atoms with E-state index in [0.29, 0.717) is 26.4 Å². The summed E-state index contributed by atoms with van der Waals surface area (Å²) in [6.45, 7) is 0. The van der Waals surface area contributed by atoms with Crippen LogP contribution < -0.4 is 0 Å². The van der Waals surface area contributed by atoms with E-state index in [0.717, 1.165) is 12.8 Å². The van der Waals surface area contributed by atoms with Gasteiger partial charge in [-0.1, -0.05) is 40.0 Å². The summed E-state index contributed by atoms with van der Waals surface area (Å²) in [6, 6.07) is 3.05. The molecular weight excluding hydrogens is 325 g/mol. The van der Waals surface area contributed by atoms with Gasteiger partial charge in [-0.3, -0.25) is 0 Å². The quantitative estimate of drug-likeness (QED) is 0.868. The average Bonchev–Trinajstić information content (AvgIpc) is 3.12. The van der Waals surface area contributed by atoms with E-state index in [1.807, 2.05) is 0 Å². The molecule has 0 saturated heterocycles. The fourth-order valence-corrected chi connectivity index (χ4v) is 2.64. The summed E-state index contributed by atoms with van der Waals surface area (Å²) in [5.74, 6) is -0.962. The van der Waals surface area contributed by atoms with Crippen LogP contribution in [-0.2, 0) is 0 Å². The molecule has 0 atom stereocenters. The van der Waals surface area contributed by atoms with Crippen molar-refractivity contribution < 1.29 is 9.90 Å². The molecule has 0 radical (unpaired) electrons. The van der Waals surface area contributed by atoms with Gasteiger partial charge in [-0.05, 0) is 25.0 Å². The second-order valence-electron chi connectivity index (χ2n) is 4.53. The Hall–Kier alpha value is -1.30. The third-order valence-corrected chi connectivity index (χ3v) is 4.11. The summed E-state index contributed by atoms with van der Waals surface area (Å²) in [5, 5.41) is 17.8. The predicted molar refractivity (Wildman–Crippen MR) is 75.3 cm³/mol. The average molecular weight is 333 g/mol. The molecule has 1 saturated carbocycles. The highest BCUT2D eigenvalue weighted by molar-refractivity contribution is 6.43. The van der Waals surface area contributed by atoms with Crippen molar-refractivity contribution in [2.45, 2.75) is 18.8 Å². The first kappa shape index (κ1) is 13.7. The van der Waals surface area contributed by atoms with Gasteiger partial charge in [0.05, 0.1) is 26.4 Å². The molecule has 1 heterocycles. The van der Waals surface area contributed by atoms with E-state index in [9.17, 15) is 9.90 Å². The van der Waals surface area contributed by atoms with Crippen molar-refractivity contribution >= 4 is 40.8 Å². The number of hydrogen-bond donors (Lipinski definition) is 1. The fourth-order valence-electron chi connectivity index (χ4n) is 2.02. The van der Waals surface area contributed by atoms with Crippen molar-refractivity contribution in [3.05, 3.63) is 38.6 Å². The minimum atomic E-state index is -1.10. The lowest BCUT2D eigenvalue weighted by Gasteiger charge is -2.09. The number of carboxylic acids is 1. The minimum Gasteiger partial charge on any atom is -0.476 e. The van der Waals surface area contributed by atoms with Crippen LogP contribution in [0.2, 0.25) is 15.1 Å². The van der Waals surface area contributed by atoms with Gasteiger partial charge in [0.25, 0.3) is 0 Å². The molecule has 1 N–H and O–H groups in total. The third kappa shape index (κ3) is 2.26. The van der Waals surface area contributed by atoms with Crippen LogP contribution in [0.3, 0.4) is 0 Å². The number of carbonyl (C=O) groups is 1. The van der Waals surface area contributed by atoms with Crippen LogP contribution in [0.15, 0.2) is 12.1 Å². The number of carboxylic acid groups (broad SMARTS) is 1. The van der Waals surface area contributed by atoms with E-state index in [1.54, 1.807) is 6.07 Å². The van der Waals surface area contributed by atoms with Gasteiger partial charge in [-0.15, -0.1) is 5.10 Å². The van der Waals surface area contributed by atoms with E-state index in [2.05, 4.69) is 10.3 Å². The summed E-state index contributed by atoms with van der Waals surface area (Å²) in [7, 11) is 0. The molecule has 104 valence electrons. The van der Waals surface area contributed by atoms with Crippen molar-refractivity contribution in [2.24, 2.45) is 0 Å². The summed E-state index contributed by atoms with van der Waals surface area (Å²) in [6.07, 6.45) is 1.82. The molecule has 1 aromatic heterocycles. The Bertz CT molecular complexity index is 710. The normalized spacial score (nSPS) is 14.6. The summed E-state index contributed by atoms with van der Waals surface area (Å²) < 4.78 is 1.44. The summed E-state index contributed by atoms with van der Waals surface area (Å²) >= 11 is 18.0. The van der Waals surface area contributed by atoms with Gasteiger partial charge in [0.2, 0.25) is 0 Å². The lowest BCUT2D eigenvalue weighted by molar-refractivity contribution is 0.0689. The number of aromatic nitrogens is 3. The van der Waals surface area contributed by atoms with Crippen LogP contribution >= 0.6 is 34.8 Å². The molecule has 1 aliphatic rings. The summed E-state index contributed by atoms with van der Waals surface area (Å²) in [5.41, 5.74) is 0.982. The van der Waals surface area contributed by atoms with Gasteiger partial charge < -0.3 is 5.11 Å². The van der Waals surface area contributed by atoms with Crippen molar-refractivity contribution in [3.8, 4) is 5.69 Å². The Morgan fingerprint density at radius 1 is 1.20 bits per heavy atom. The lowest BCUT2D eigenvalue weighted by atomic mass is 10.2. The smallest absolute Gasteiger partial charge is 0.358 e. The zero-order valence-electron chi connectivity index (χ0n) is 9.98. The Balaban J connectivity index is 2.20. The molecule has 3 rings (SSSR count). The van der Waals surface area contributed by atoms with Crippen molar-refractivity contribution in [2.75, 3.05) is 0 Å². The topological polar surface area (TPSA) is 68.0 Å². The van der Waals surface area contributed by atoms with E-state index in [1.165, 1.54) is 10.7 Å². The number of nitrogens with zero attached hydrogens (tertiary/aromatic N) is 3. The zero-order valence-corrected chi connectivity index (χ0v) is 12.2. The number of hydrogen-bond acceptors (Lipinski definition) is 3. The van der Waals surface area contributed by atoms with Crippen molar-refractivity contribution in [3.63, 3.8) is 0 Å². The molecule has 1 aromatic carbocycles. The molecular formula is C12H8Cl3N3O2. The first-order valence-electron chi connectivity index (χ1n) is 5.83. The molecule has 0 amide bonds. The maximum absolute atomic E-state index is 11.2. The second-order valence-corrected chi connectivity index (χ2v) is 5.75. The maximum atomic E-state index is 11.2. The molecule has 0 aliphatic heterocycles. The first-order chi connectivity index (χ1) is 9.49. The molecule has 2 aromatic rings. The molecule has 0 unspecified atom stereocenters. The lowest BCUT2D eigenvalue weighted by Crippen LogP contribution is -2.06. The SMILES string of the molecule is O=C(O)c1nnn(-c2cc(Cl)c(Cl)cc2Cl)c1C1CC1. The van der Waals surface area contributed by atoms with Gasteiger partial charge in [-0.2, -0.15) is 0 Å². The van der Waals surface area contributed by atoms with Crippen LogP contribution in [0.5, 0.6) is 0 Å². The summed E-state index contributed by atoms with van der Waals surface area (Å²) in [4.78, 5) is 11.2. The standard InChI is InChI=1S/C12H8Cl3N3O2/c13-6-3-8(15)9(4-7(6)14)18-11(5-1-2-5)10(12(19)20)16-17-18/h3-5H,1-2H2,(H,19,20). The van der Waals surface area contributed by atoms with Gasteiger partial charge in [0.1, 0.15) is 0 Å². The van der Waals surface area contributed by atoms with E-state index >= 15 is 0 Å². The van der Waals surface area contributed by atoms with Crippen molar-refractivity contribution in [1.29, 1.82) is 0 Å². The van der Waals surface area contributed by atoms with Crippen LogP contribution in [0.4, 0.5) is 0 Å².